The Balaban J connectivity index is 1.87. The van der Waals surface area contributed by atoms with Crippen molar-refractivity contribution >= 4 is 59.9 Å². The van der Waals surface area contributed by atoms with Crippen LogP contribution in [0.2, 0.25) is 0 Å². The van der Waals surface area contributed by atoms with E-state index in [4.69, 9.17) is 0 Å². The van der Waals surface area contributed by atoms with Crippen LogP contribution in [0.25, 0.3) is 10.2 Å². The average molecular weight is 367 g/mol. The number of aromatic nitrogens is 1. The Bertz CT molecular complexity index is 787. The molecule has 0 radical (unpaired) electrons. The number of thiazole rings is 1. The molecular formula is C14H11BrN2OS2. The van der Waals surface area contributed by atoms with Crippen molar-refractivity contribution < 1.29 is 4.79 Å². The molecule has 0 aliphatic rings. The molecule has 20 heavy (non-hydrogen) atoms. The minimum atomic E-state index is -0.112. The van der Waals surface area contributed by atoms with Gasteiger partial charge in [-0.1, -0.05) is 17.4 Å². The number of rotatable bonds is 2. The highest BCUT2D eigenvalue weighted by atomic mass is 79.9. The Labute approximate surface area is 132 Å². The van der Waals surface area contributed by atoms with Crippen LogP contribution >= 0.6 is 38.6 Å². The number of hydrogen-bond donors (Lipinski definition) is 1. The fourth-order valence-electron chi connectivity index (χ4n) is 1.82. The van der Waals surface area contributed by atoms with Crippen molar-refractivity contribution in [2.75, 3.05) is 5.32 Å². The third-order valence-electron chi connectivity index (χ3n) is 2.85. The zero-order chi connectivity index (χ0) is 14.3. The Morgan fingerprint density at radius 2 is 2.05 bits per heavy atom. The first kappa shape index (κ1) is 13.7. The summed E-state index contributed by atoms with van der Waals surface area (Å²) in [5, 5.41) is 3.50. The number of carbonyl (C=O) groups is 1. The second-order valence-electron chi connectivity index (χ2n) is 4.51. The standard InChI is InChI=1S/C14H11BrN2OS2/c1-7-3-4-9-10(5-7)20-14(16-9)17-13(18)11-6-8(2)12(15)19-11/h3-6H,1-2H3,(H,16,17,18). The number of hydrogen-bond acceptors (Lipinski definition) is 4. The molecule has 0 spiro atoms. The van der Waals surface area contributed by atoms with Crippen LogP contribution in [-0.2, 0) is 0 Å². The van der Waals surface area contributed by atoms with E-state index in [-0.39, 0.29) is 5.91 Å². The van der Waals surface area contributed by atoms with Gasteiger partial charge in [0.15, 0.2) is 5.13 Å². The molecule has 0 saturated heterocycles. The number of carbonyl (C=O) groups excluding carboxylic acids is 1. The SMILES string of the molecule is Cc1ccc2nc(NC(=O)c3cc(C)c(Br)s3)sc2c1. The lowest BCUT2D eigenvalue weighted by atomic mass is 10.2. The zero-order valence-corrected chi connectivity index (χ0v) is 14.1. The second-order valence-corrected chi connectivity index (χ2v) is 7.91. The van der Waals surface area contributed by atoms with E-state index in [1.165, 1.54) is 28.2 Å². The van der Waals surface area contributed by atoms with Crippen LogP contribution in [0.5, 0.6) is 0 Å². The summed E-state index contributed by atoms with van der Waals surface area (Å²) in [5.41, 5.74) is 3.18. The Morgan fingerprint density at radius 1 is 1.25 bits per heavy atom. The first-order valence-electron chi connectivity index (χ1n) is 5.97. The van der Waals surface area contributed by atoms with Crippen molar-refractivity contribution in [1.82, 2.24) is 4.98 Å². The van der Waals surface area contributed by atoms with Crippen molar-refractivity contribution in [1.29, 1.82) is 0 Å². The summed E-state index contributed by atoms with van der Waals surface area (Å²) >= 11 is 6.36. The molecule has 1 amide bonds. The van der Waals surface area contributed by atoms with Gasteiger partial charge in [-0.2, -0.15) is 0 Å². The van der Waals surface area contributed by atoms with Crippen molar-refractivity contribution in [3.8, 4) is 0 Å². The van der Waals surface area contributed by atoms with Gasteiger partial charge in [-0.25, -0.2) is 4.98 Å². The maximum absolute atomic E-state index is 12.2. The monoisotopic (exact) mass is 366 g/mol. The van der Waals surface area contributed by atoms with Gasteiger partial charge < -0.3 is 0 Å². The predicted molar refractivity (Wildman–Crippen MR) is 89.1 cm³/mol. The predicted octanol–water partition coefficient (Wildman–Crippen LogP) is 4.99. The number of anilines is 1. The molecule has 3 nitrogen and oxygen atoms in total. The summed E-state index contributed by atoms with van der Waals surface area (Å²) < 4.78 is 2.08. The smallest absolute Gasteiger partial charge is 0.267 e. The molecule has 2 heterocycles. The lowest BCUT2D eigenvalue weighted by Crippen LogP contribution is -2.09. The molecular weight excluding hydrogens is 356 g/mol. The van der Waals surface area contributed by atoms with Gasteiger partial charge in [0.1, 0.15) is 0 Å². The van der Waals surface area contributed by atoms with E-state index < -0.39 is 0 Å². The van der Waals surface area contributed by atoms with Crippen LogP contribution < -0.4 is 5.32 Å². The number of thiophene rings is 1. The molecule has 3 aromatic rings. The van der Waals surface area contributed by atoms with E-state index in [1.54, 1.807) is 0 Å². The van der Waals surface area contributed by atoms with Gasteiger partial charge in [-0.15, -0.1) is 11.3 Å². The molecule has 0 aliphatic heterocycles. The number of aryl methyl sites for hydroxylation is 2. The van der Waals surface area contributed by atoms with Crippen molar-refractivity contribution in [2.45, 2.75) is 13.8 Å². The number of nitrogens with zero attached hydrogens (tertiary/aromatic N) is 1. The summed E-state index contributed by atoms with van der Waals surface area (Å²) in [7, 11) is 0. The quantitative estimate of drug-likeness (QED) is 0.693. The Hall–Kier alpha value is -1.24. The Kier molecular flexibility index (Phi) is 3.62. The summed E-state index contributed by atoms with van der Waals surface area (Å²) in [5.74, 6) is -0.112. The molecule has 2 aromatic heterocycles. The highest BCUT2D eigenvalue weighted by Gasteiger charge is 2.13. The van der Waals surface area contributed by atoms with Gasteiger partial charge in [-0.3, -0.25) is 10.1 Å². The molecule has 0 saturated carbocycles. The minimum Gasteiger partial charge on any atom is -0.297 e. The molecule has 1 N–H and O–H groups in total. The molecule has 3 rings (SSSR count). The van der Waals surface area contributed by atoms with E-state index in [0.29, 0.717) is 10.0 Å². The summed E-state index contributed by atoms with van der Waals surface area (Å²) in [6.07, 6.45) is 0. The third kappa shape index (κ3) is 2.63. The highest BCUT2D eigenvalue weighted by molar-refractivity contribution is 9.11. The molecule has 0 unspecified atom stereocenters. The molecule has 0 aliphatic carbocycles. The number of amides is 1. The Morgan fingerprint density at radius 3 is 2.75 bits per heavy atom. The fourth-order valence-corrected chi connectivity index (χ4v) is 4.20. The topological polar surface area (TPSA) is 42.0 Å². The first-order chi connectivity index (χ1) is 9.52. The third-order valence-corrected chi connectivity index (χ3v) is 5.91. The van der Waals surface area contributed by atoms with Crippen LogP contribution in [0.3, 0.4) is 0 Å². The maximum Gasteiger partial charge on any atom is 0.267 e. The van der Waals surface area contributed by atoms with E-state index in [9.17, 15) is 4.79 Å². The number of fused-ring (bicyclic) bond motifs is 1. The number of benzene rings is 1. The fraction of sp³-hybridized carbons (Fsp3) is 0.143. The minimum absolute atomic E-state index is 0.112. The number of halogens is 1. The van der Waals surface area contributed by atoms with Gasteiger partial charge >= 0.3 is 0 Å². The van der Waals surface area contributed by atoms with Crippen molar-refractivity contribution in [3.63, 3.8) is 0 Å². The van der Waals surface area contributed by atoms with E-state index in [1.807, 2.05) is 32.0 Å². The van der Waals surface area contributed by atoms with Crippen LogP contribution in [0, 0.1) is 13.8 Å². The zero-order valence-electron chi connectivity index (χ0n) is 10.9. The van der Waals surface area contributed by atoms with Crippen molar-refractivity contribution in [3.05, 3.63) is 44.1 Å². The number of nitrogens with one attached hydrogen (secondary N) is 1. The molecule has 102 valence electrons. The average Bonchev–Trinajstić information content (AvgIpc) is 2.93. The molecule has 0 atom stereocenters. The van der Waals surface area contributed by atoms with Gasteiger partial charge in [0.2, 0.25) is 0 Å². The summed E-state index contributed by atoms with van der Waals surface area (Å²) in [6.45, 7) is 4.02. The van der Waals surface area contributed by atoms with Gasteiger partial charge in [0.05, 0.1) is 18.9 Å². The van der Waals surface area contributed by atoms with E-state index in [0.717, 1.165) is 19.6 Å². The largest absolute Gasteiger partial charge is 0.297 e. The van der Waals surface area contributed by atoms with Crippen LogP contribution in [0.15, 0.2) is 28.1 Å². The summed E-state index contributed by atoms with van der Waals surface area (Å²) in [4.78, 5) is 17.3. The highest BCUT2D eigenvalue weighted by Crippen LogP contribution is 2.30. The van der Waals surface area contributed by atoms with Crippen molar-refractivity contribution in [2.24, 2.45) is 0 Å². The van der Waals surface area contributed by atoms with E-state index in [2.05, 4.69) is 32.3 Å². The van der Waals surface area contributed by atoms with E-state index >= 15 is 0 Å². The second kappa shape index (κ2) is 5.27. The van der Waals surface area contributed by atoms with Gasteiger partial charge in [0.25, 0.3) is 5.91 Å². The normalized spacial score (nSPS) is 10.9. The molecule has 6 heteroatoms. The maximum atomic E-state index is 12.2. The first-order valence-corrected chi connectivity index (χ1v) is 8.40. The molecule has 1 aromatic carbocycles. The molecule has 0 fully saturated rings. The van der Waals surface area contributed by atoms with Crippen LogP contribution in [0.4, 0.5) is 5.13 Å². The molecule has 0 bridgehead atoms. The van der Waals surface area contributed by atoms with Gasteiger partial charge in [0, 0.05) is 0 Å². The lowest BCUT2D eigenvalue weighted by molar-refractivity contribution is 0.103. The summed E-state index contributed by atoms with van der Waals surface area (Å²) in [6, 6.07) is 7.95. The van der Waals surface area contributed by atoms with Crippen LogP contribution in [-0.4, -0.2) is 10.9 Å². The lowest BCUT2D eigenvalue weighted by Gasteiger charge is -1.96. The van der Waals surface area contributed by atoms with Crippen LogP contribution in [0.1, 0.15) is 20.8 Å². The van der Waals surface area contributed by atoms with Gasteiger partial charge in [-0.05, 0) is 59.1 Å².